The Morgan fingerprint density at radius 3 is 2.62 bits per heavy atom. The molecule has 0 radical (unpaired) electrons. The van der Waals surface area contributed by atoms with E-state index in [1.807, 2.05) is 20.8 Å². The van der Waals surface area contributed by atoms with Crippen molar-refractivity contribution in [2.75, 3.05) is 6.54 Å². The number of hydrogen-bond acceptors (Lipinski definition) is 3. The van der Waals surface area contributed by atoms with Gasteiger partial charge >= 0.3 is 5.97 Å². The van der Waals surface area contributed by atoms with Crippen LogP contribution in [0.2, 0.25) is 0 Å². The van der Waals surface area contributed by atoms with E-state index < -0.39 is 16.0 Å². The van der Waals surface area contributed by atoms with E-state index in [2.05, 4.69) is 4.72 Å². The lowest BCUT2D eigenvalue weighted by atomic mass is 9.91. The largest absolute Gasteiger partial charge is 0.478 e. The Morgan fingerprint density at radius 1 is 1.38 bits per heavy atom. The second kappa shape index (κ2) is 6.87. The maximum Gasteiger partial charge on any atom is 0.328 e. The zero-order valence-corrected chi connectivity index (χ0v) is 13.3. The monoisotopic (exact) mass is 311 g/mol. The smallest absolute Gasteiger partial charge is 0.328 e. The summed E-state index contributed by atoms with van der Waals surface area (Å²) < 4.78 is 27.1. The van der Waals surface area contributed by atoms with Gasteiger partial charge in [-0.2, -0.15) is 0 Å². The molecule has 1 rings (SSSR count). The lowest BCUT2D eigenvalue weighted by Crippen LogP contribution is -2.33. The molecule has 0 aliphatic rings. The number of carbonyl (C=O) groups is 1. The van der Waals surface area contributed by atoms with Gasteiger partial charge in [-0.1, -0.05) is 32.9 Å². The first-order valence-corrected chi connectivity index (χ1v) is 8.15. The molecular weight excluding hydrogens is 290 g/mol. The van der Waals surface area contributed by atoms with Crippen molar-refractivity contribution >= 4 is 22.1 Å². The van der Waals surface area contributed by atoms with Crippen LogP contribution in [0.3, 0.4) is 0 Å². The number of sulfonamides is 1. The van der Waals surface area contributed by atoms with Crippen molar-refractivity contribution in [3.05, 3.63) is 35.9 Å². The van der Waals surface area contributed by atoms with Crippen LogP contribution in [0.4, 0.5) is 0 Å². The van der Waals surface area contributed by atoms with Crippen LogP contribution in [-0.2, 0) is 14.8 Å². The van der Waals surface area contributed by atoms with Crippen LogP contribution >= 0.6 is 0 Å². The van der Waals surface area contributed by atoms with E-state index in [1.165, 1.54) is 18.2 Å². The Hall–Kier alpha value is -1.66. The Labute approximate surface area is 125 Å². The minimum absolute atomic E-state index is 0.117. The molecule has 0 aromatic heterocycles. The third kappa shape index (κ3) is 5.69. The Bertz CT molecular complexity index is 633. The normalized spacial score (nSPS) is 12.7. The van der Waals surface area contributed by atoms with Crippen LogP contribution in [0.15, 0.2) is 35.2 Å². The van der Waals surface area contributed by atoms with Crippen molar-refractivity contribution in [3.8, 4) is 0 Å². The molecule has 5 nitrogen and oxygen atoms in total. The molecule has 0 amide bonds. The first-order chi connectivity index (χ1) is 9.66. The summed E-state index contributed by atoms with van der Waals surface area (Å²) in [5.74, 6) is -1.08. The van der Waals surface area contributed by atoms with Gasteiger partial charge in [-0.15, -0.1) is 0 Å². The highest BCUT2D eigenvalue weighted by atomic mass is 32.2. The molecular formula is C15H21NO4S. The minimum Gasteiger partial charge on any atom is -0.478 e. The lowest BCUT2D eigenvalue weighted by molar-refractivity contribution is -0.131. The Kier molecular flexibility index (Phi) is 5.69. The molecule has 0 unspecified atom stereocenters. The van der Waals surface area contributed by atoms with E-state index in [1.54, 1.807) is 12.1 Å². The predicted octanol–water partition coefficient (Wildman–Crippen LogP) is 2.50. The summed E-state index contributed by atoms with van der Waals surface area (Å²) in [5, 5.41) is 8.59. The van der Waals surface area contributed by atoms with Gasteiger partial charge in [-0.05, 0) is 35.6 Å². The molecule has 0 heterocycles. The second-order valence-corrected chi connectivity index (χ2v) is 7.35. The third-order valence-electron chi connectivity index (χ3n) is 3.28. The Balaban J connectivity index is 2.94. The zero-order chi connectivity index (χ0) is 16.1. The fourth-order valence-electron chi connectivity index (χ4n) is 1.45. The van der Waals surface area contributed by atoms with Gasteiger partial charge in [0.15, 0.2) is 0 Å². The van der Waals surface area contributed by atoms with E-state index >= 15 is 0 Å². The summed E-state index contributed by atoms with van der Waals surface area (Å²) in [4.78, 5) is 10.6. The molecule has 0 aliphatic carbocycles. The van der Waals surface area contributed by atoms with Crippen LogP contribution in [0.1, 0.15) is 32.8 Å². The molecule has 6 heteroatoms. The summed E-state index contributed by atoms with van der Waals surface area (Å²) in [6, 6.07) is 6.16. The molecule has 1 aromatic rings. The molecule has 0 saturated heterocycles. The highest BCUT2D eigenvalue weighted by molar-refractivity contribution is 7.89. The van der Waals surface area contributed by atoms with Gasteiger partial charge in [-0.25, -0.2) is 17.9 Å². The number of aliphatic carboxylic acids is 1. The molecule has 116 valence electrons. The number of carboxylic acid groups (broad SMARTS) is 1. The highest BCUT2D eigenvalue weighted by Gasteiger charge is 2.20. The van der Waals surface area contributed by atoms with Crippen LogP contribution < -0.4 is 4.72 Å². The van der Waals surface area contributed by atoms with E-state index in [0.29, 0.717) is 12.1 Å². The van der Waals surface area contributed by atoms with Crippen molar-refractivity contribution in [2.24, 2.45) is 5.41 Å². The van der Waals surface area contributed by atoms with E-state index in [9.17, 15) is 13.2 Å². The molecule has 21 heavy (non-hydrogen) atoms. The number of nitrogens with one attached hydrogen (secondary N) is 1. The standard InChI is InChI=1S/C15H21NO4S/c1-4-15(2,3)11-16-21(19,20)13-7-5-6-12(10-13)8-9-14(17)18/h5-10,16H,4,11H2,1-3H3,(H,17,18)/b9-8+. The van der Waals surface area contributed by atoms with Crippen molar-refractivity contribution in [2.45, 2.75) is 32.1 Å². The third-order valence-corrected chi connectivity index (χ3v) is 4.68. The van der Waals surface area contributed by atoms with Crippen LogP contribution in [0.25, 0.3) is 6.08 Å². The van der Waals surface area contributed by atoms with E-state index in [0.717, 1.165) is 12.5 Å². The molecule has 2 N–H and O–H groups in total. The molecule has 0 fully saturated rings. The van der Waals surface area contributed by atoms with Crippen LogP contribution in [-0.4, -0.2) is 26.0 Å². The summed E-state index contributed by atoms with van der Waals surface area (Å²) >= 11 is 0. The van der Waals surface area contributed by atoms with Gasteiger partial charge in [0.05, 0.1) is 4.90 Å². The quantitative estimate of drug-likeness (QED) is 0.758. The van der Waals surface area contributed by atoms with Gasteiger partial charge in [-0.3, -0.25) is 0 Å². The summed E-state index contributed by atoms with van der Waals surface area (Å²) in [5.41, 5.74) is 0.406. The number of carboxylic acids is 1. The van der Waals surface area contributed by atoms with Crippen molar-refractivity contribution in [1.29, 1.82) is 0 Å². The van der Waals surface area contributed by atoms with Gasteiger partial charge in [0.1, 0.15) is 0 Å². The number of rotatable bonds is 7. The predicted molar refractivity (Wildman–Crippen MR) is 82.4 cm³/mol. The van der Waals surface area contributed by atoms with Crippen molar-refractivity contribution in [3.63, 3.8) is 0 Å². The van der Waals surface area contributed by atoms with E-state index in [4.69, 9.17) is 5.11 Å². The van der Waals surface area contributed by atoms with Crippen molar-refractivity contribution in [1.82, 2.24) is 4.72 Å². The van der Waals surface area contributed by atoms with Crippen molar-refractivity contribution < 1.29 is 18.3 Å². The summed E-state index contributed by atoms with van der Waals surface area (Å²) in [6.45, 7) is 6.33. The molecule has 1 aromatic carbocycles. The highest BCUT2D eigenvalue weighted by Crippen LogP contribution is 2.20. The van der Waals surface area contributed by atoms with Gasteiger partial charge in [0, 0.05) is 12.6 Å². The topological polar surface area (TPSA) is 83.5 Å². The van der Waals surface area contributed by atoms with E-state index in [-0.39, 0.29) is 10.3 Å². The van der Waals surface area contributed by atoms with Gasteiger partial charge < -0.3 is 5.11 Å². The second-order valence-electron chi connectivity index (χ2n) is 5.59. The van der Waals surface area contributed by atoms with Crippen LogP contribution in [0.5, 0.6) is 0 Å². The summed E-state index contributed by atoms with van der Waals surface area (Å²) in [7, 11) is -3.60. The molecule has 0 aliphatic heterocycles. The fourth-order valence-corrected chi connectivity index (χ4v) is 2.75. The molecule has 0 saturated carbocycles. The first kappa shape index (κ1) is 17.4. The minimum atomic E-state index is -3.60. The molecule has 0 spiro atoms. The summed E-state index contributed by atoms with van der Waals surface area (Å²) in [6.07, 6.45) is 3.19. The van der Waals surface area contributed by atoms with Gasteiger partial charge in [0.25, 0.3) is 0 Å². The SMILES string of the molecule is CCC(C)(C)CNS(=O)(=O)c1cccc(/C=C/C(=O)O)c1. The Morgan fingerprint density at radius 2 is 2.05 bits per heavy atom. The molecule has 0 atom stereocenters. The first-order valence-electron chi connectivity index (χ1n) is 6.67. The number of hydrogen-bond donors (Lipinski definition) is 2. The van der Waals surface area contributed by atoms with Crippen LogP contribution in [0, 0.1) is 5.41 Å². The maximum atomic E-state index is 12.2. The van der Waals surface area contributed by atoms with Gasteiger partial charge in [0.2, 0.25) is 10.0 Å². The average Bonchev–Trinajstić information content (AvgIpc) is 2.44. The fraction of sp³-hybridized carbons (Fsp3) is 0.400. The average molecular weight is 311 g/mol. The molecule has 0 bridgehead atoms. The maximum absolute atomic E-state index is 12.2. The zero-order valence-electron chi connectivity index (χ0n) is 12.5. The lowest BCUT2D eigenvalue weighted by Gasteiger charge is -2.22. The number of benzene rings is 1.